The second-order valence-electron chi connectivity index (χ2n) is 5.88. The largest absolute Gasteiger partial charge is 0.359 e. The molecule has 3 N–H and O–H groups in total. The predicted molar refractivity (Wildman–Crippen MR) is 107 cm³/mol. The van der Waals surface area contributed by atoms with Crippen LogP contribution in [-0.2, 0) is 17.8 Å². The van der Waals surface area contributed by atoms with Crippen molar-refractivity contribution < 1.29 is 4.79 Å². The van der Waals surface area contributed by atoms with Gasteiger partial charge in [-0.2, -0.15) is 0 Å². The number of nitrogens with one attached hydrogen (secondary N) is 3. The smallest absolute Gasteiger partial charge is 0.227 e. The van der Waals surface area contributed by atoms with Crippen LogP contribution in [-0.4, -0.2) is 53.3 Å². The maximum absolute atomic E-state index is 11.8. The minimum atomic E-state index is -0.541. The summed E-state index contributed by atoms with van der Waals surface area (Å²) in [4.78, 5) is 16.3. The van der Waals surface area contributed by atoms with Gasteiger partial charge in [-0.15, -0.1) is 34.2 Å². The zero-order chi connectivity index (χ0) is 17.3. The Morgan fingerprint density at radius 3 is 2.62 bits per heavy atom. The van der Waals surface area contributed by atoms with E-state index in [0.717, 1.165) is 25.3 Å². The molecule has 1 rings (SSSR count). The molecule has 0 unspecified atom stereocenters. The number of halogens is 1. The fourth-order valence-electron chi connectivity index (χ4n) is 2.06. The number of carbonyl (C=O) groups is 1. The van der Waals surface area contributed by atoms with Gasteiger partial charge in [0, 0.05) is 33.1 Å². The standard InChI is InChI=1S/C15H29N7O.HI/c1-6-12-21-20-11-22(12)9-8-18-14(17-7-2)19-10-15(3,4)13(23)16-5;/h11H,6-10H2,1-5H3,(H,16,23)(H2,17,18,19);1H. The van der Waals surface area contributed by atoms with Gasteiger partial charge in [-0.1, -0.05) is 6.92 Å². The first-order chi connectivity index (χ1) is 10.9. The average molecular weight is 451 g/mol. The minimum Gasteiger partial charge on any atom is -0.359 e. The van der Waals surface area contributed by atoms with Gasteiger partial charge in [0.2, 0.25) is 5.91 Å². The highest BCUT2D eigenvalue weighted by Crippen LogP contribution is 2.15. The van der Waals surface area contributed by atoms with E-state index in [1.165, 1.54) is 0 Å². The molecule has 0 aliphatic rings. The summed E-state index contributed by atoms with van der Waals surface area (Å²) in [7, 11) is 1.64. The third kappa shape index (κ3) is 7.02. The Kier molecular flexibility index (Phi) is 10.6. The average Bonchev–Trinajstić information content (AvgIpc) is 2.99. The molecule has 9 heteroatoms. The van der Waals surface area contributed by atoms with Crippen molar-refractivity contribution in [3.63, 3.8) is 0 Å². The summed E-state index contributed by atoms with van der Waals surface area (Å²) in [5.41, 5.74) is -0.541. The summed E-state index contributed by atoms with van der Waals surface area (Å²) in [6.07, 6.45) is 2.59. The lowest BCUT2D eigenvalue weighted by Gasteiger charge is -2.21. The number of rotatable bonds is 8. The molecule has 0 bridgehead atoms. The lowest BCUT2D eigenvalue weighted by atomic mass is 9.93. The molecule has 0 fully saturated rings. The number of aliphatic imine (C=N–C) groups is 1. The fraction of sp³-hybridized carbons (Fsp3) is 0.733. The van der Waals surface area contributed by atoms with Crippen LogP contribution in [0.4, 0.5) is 0 Å². The van der Waals surface area contributed by atoms with Crippen molar-refractivity contribution in [2.75, 3.05) is 26.7 Å². The van der Waals surface area contributed by atoms with Gasteiger partial charge < -0.3 is 20.5 Å². The van der Waals surface area contributed by atoms with Crippen molar-refractivity contribution >= 4 is 35.8 Å². The van der Waals surface area contributed by atoms with E-state index in [4.69, 9.17) is 0 Å². The summed E-state index contributed by atoms with van der Waals surface area (Å²) in [6, 6.07) is 0. The summed E-state index contributed by atoms with van der Waals surface area (Å²) >= 11 is 0. The SMILES string of the molecule is CCNC(=NCC(C)(C)C(=O)NC)NCCn1cnnc1CC.I. The number of hydrogen-bond donors (Lipinski definition) is 3. The fourth-order valence-corrected chi connectivity index (χ4v) is 2.06. The molecule has 24 heavy (non-hydrogen) atoms. The molecule has 0 atom stereocenters. The van der Waals surface area contributed by atoms with Gasteiger partial charge in [0.05, 0.1) is 12.0 Å². The van der Waals surface area contributed by atoms with Crippen LogP contribution in [0.5, 0.6) is 0 Å². The summed E-state index contributed by atoms with van der Waals surface area (Å²) in [5.74, 6) is 1.65. The van der Waals surface area contributed by atoms with Crippen molar-refractivity contribution in [3.05, 3.63) is 12.2 Å². The van der Waals surface area contributed by atoms with Gasteiger partial charge in [-0.25, -0.2) is 0 Å². The van der Waals surface area contributed by atoms with Gasteiger partial charge in [0.25, 0.3) is 0 Å². The van der Waals surface area contributed by atoms with Crippen molar-refractivity contribution in [1.82, 2.24) is 30.7 Å². The first-order valence-electron chi connectivity index (χ1n) is 8.05. The van der Waals surface area contributed by atoms with Gasteiger partial charge in [0.15, 0.2) is 5.96 Å². The molecule has 1 aromatic rings. The Bertz CT molecular complexity index is 528. The van der Waals surface area contributed by atoms with E-state index in [1.807, 2.05) is 25.3 Å². The number of amides is 1. The third-order valence-corrected chi connectivity index (χ3v) is 3.48. The zero-order valence-electron chi connectivity index (χ0n) is 15.2. The van der Waals surface area contributed by atoms with Crippen LogP contribution >= 0.6 is 24.0 Å². The highest BCUT2D eigenvalue weighted by atomic mass is 127. The van der Waals surface area contributed by atoms with Crippen LogP contribution in [0.1, 0.15) is 33.5 Å². The molecule has 0 aromatic carbocycles. The van der Waals surface area contributed by atoms with Crippen LogP contribution in [0.25, 0.3) is 0 Å². The maximum Gasteiger partial charge on any atom is 0.227 e. The first-order valence-corrected chi connectivity index (χ1v) is 8.05. The minimum absolute atomic E-state index is 0. The summed E-state index contributed by atoms with van der Waals surface area (Å²) in [5, 5.41) is 17.1. The molecule has 1 heterocycles. The Morgan fingerprint density at radius 2 is 2.04 bits per heavy atom. The van der Waals surface area contributed by atoms with E-state index in [9.17, 15) is 4.79 Å². The number of aryl methyl sites for hydroxylation is 1. The normalized spacial score (nSPS) is 11.6. The molecular formula is C15H30IN7O. The van der Waals surface area contributed by atoms with Gasteiger partial charge in [0.1, 0.15) is 12.2 Å². The highest BCUT2D eigenvalue weighted by molar-refractivity contribution is 14.0. The second-order valence-corrected chi connectivity index (χ2v) is 5.88. The third-order valence-electron chi connectivity index (χ3n) is 3.48. The zero-order valence-corrected chi connectivity index (χ0v) is 17.5. The van der Waals surface area contributed by atoms with Crippen LogP contribution in [0.3, 0.4) is 0 Å². The number of aromatic nitrogens is 3. The van der Waals surface area contributed by atoms with E-state index in [-0.39, 0.29) is 29.9 Å². The first kappa shape index (κ1) is 22.6. The molecule has 0 aliphatic heterocycles. The van der Waals surface area contributed by atoms with Crippen molar-refractivity contribution in [1.29, 1.82) is 0 Å². The highest BCUT2D eigenvalue weighted by Gasteiger charge is 2.26. The van der Waals surface area contributed by atoms with Gasteiger partial charge in [-0.3, -0.25) is 9.79 Å². The van der Waals surface area contributed by atoms with E-state index < -0.39 is 5.41 Å². The Balaban J connectivity index is 0.00000529. The lowest BCUT2D eigenvalue weighted by molar-refractivity contribution is -0.128. The van der Waals surface area contributed by atoms with Crippen molar-refractivity contribution in [2.24, 2.45) is 10.4 Å². The van der Waals surface area contributed by atoms with Crippen LogP contribution in [0.15, 0.2) is 11.3 Å². The second kappa shape index (κ2) is 11.2. The monoisotopic (exact) mass is 451 g/mol. The number of guanidine groups is 1. The maximum atomic E-state index is 11.8. The molecule has 0 saturated heterocycles. The van der Waals surface area contributed by atoms with Gasteiger partial charge >= 0.3 is 0 Å². The number of carbonyl (C=O) groups excluding carboxylic acids is 1. The van der Waals surface area contributed by atoms with E-state index in [2.05, 4.69) is 38.1 Å². The Hall–Kier alpha value is -1.39. The quantitative estimate of drug-likeness (QED) is 0.309. The number of hydrogen-bond acceptors (Lipinski definition) is 4. The topological polar surface area (TPSA) is 96.2 Å². The molecule has 0 saturated carbocycles. The molecule has 0 aliphatic carbocycles. The molecule has 1 amide bonds. The van der Waals surface area contributed by atoms with Crippen molar-refractivity contribution in [3.8, 4) is 0 Å². The molecule has 1 aromatic heterocycles. The van der Waals surface area contributed by atoms with Crippen molar-refractivity contribution in [2.45, 2.75) is 40.7 Å². The van der Waals surface area contributed by atoms with E-state index >= 15 is 0 Å². The lowest BCUT2D eigenvalue weighted by Crippen LogP contribution is -2.41. The van der Waals surface area contributed by atoms with Crippen LogP contribution in [0, 0.1) is 5.41 Å². The summed E-state index contributed by atoms with van der Waals surface area (Å²) in [6.45, 7) is 10.5. The van der Waals surface area contributed by atoms with Crippen LogP contribution in [0.2, 0.25) is 0 Å². The van der Waals surface area contributed by atoms with Gasteiger partial charge in [-0.05, 0) is 20.8 Å². The Morgan fingerprint density at radius 1 is 1.33 bits per heavy atom. The van der Waals surface area contributed by atoms with E-state index in [1.54, 1.807) is 13.4 Å². The molecular weight excluding hydrogens is 421 g/mol. The molecule has 8 nitrogen and oxygen atoms in total. The van der Waals surface area contributed by atoms with Crippen LogP contribution < -0.4 is 16.0 Å². The Labute approximate surface area is 161 Å². The molecule has 0 spiro atoms. The molecule has 0 radical (unpaired) electrons. The number of nitrogens with zero attached hydrogens (tertiary/aromatic N) is 4. The molecule has 138 valence electrons. The predicted octanol–water partition coefficient (Wildman–Crippen LogP) is 0.786. The van der Waals surface area contributed by atoms with E-state index in [0.29, 0.717) is 19.0 Å². The summed E-state index contributed by atoms with van der Waals surface area (Å²) < 4.78 is 2.02.